The lowest BCUT2D eigenvalue weighted by Crippen LogP contribution is -2.46. The summed E-state index contributed by atoms with van der Waals surface area (Å²) >= 11 is 8.13. The zero-order valence-corrected chi connectivity index (χ0v) is 53.7. The fraction of sp³-hybridized carbons (Fsp3) is 0.426. The number of carbonyl (C=O) groups excluding carboxylic acids is 3. The number of ether oxygens (including phenoxy) is 3. The lowest BCUT2D eigenvalue weighted by molar-refractivity contribution is 0.0643. The first kappa shape index (κ1) is 59.9. The predicted molar refractivity (Wildman–Crippen MR) is 351 cm³/mol. The van der Waals surface area contributed by atoms with Crippen LogP contribution in [-0.4, -0.2) is 114 Å². The third kappa shape index (κ3) is 11.3. The van der Waals surface area contributed by atoms with Gasteiger partial charge in [0, 0.05) is 103 Å². The van der Waals surface area contributed by atoms with Gasteiger partial charge in [0.25, 0.3) is 17.7 Å². The molecule has 3 amide bonds. The first-order valence-electron chi connectivity index (χ1n) is 30.7. The Balaban J connectivity index is 0.000000121. The lowest BCUT2D eigenvalue weighted by Gasteiger charge is -2.38. The minimum absolute atomic E-state index is 0.0172. The van der Waals surface area contributed by atoms with Crippen LogP contribution in [0.4, 0.5) is 0 Å². The fourth-order valence-corrected chi connectivity index (χ4v) is 19.2. The molecular weight excluding hydrogens is 1190 g/mol. The van der Waals surface area contributed by atoms with E-state index in [1.165, 1.54) is 71.7 Å². The molecule has 0 radical (unpaired) electrons. The number of likely N-dealkylation sites (tertiary alicyclic amines) is 3. The Morgan fingerprint density at radius 3 is 1.44 bits per heavy atom. The molecule has 3 aromatic heterocycles. The summed E-state index contributed by atoms with van der Waals surface area (Å²) in [4.78, 5) is 48.7. The minimum Gasteiger partial charge on any atom is -0.492 e. The highest BCUT2D eigenvalue weighted by Crippen LogP contribution is 2.50. The van der Waals surface area contributed by atoms with Crippen molar-refractivity contribution in [2.24, 2.45) is 17.2 Å². The molecule has 0 atom stereocenters. The number of allylic oxidation sites excluding steroid dienone is 1. The Kier molecular flexibility index (Phi) is 17.5. The second-order valence-corrected chi connectivity index (χ2v) is 29.3. The van der Waals surface area contributed by atoms with Crippen molar-refractivity contribution in [2.75, 3.05) is 71.6 Å². The van der Waals surface area contributed by atoms with E-state index in [0.717, 1.165) is 146 Å². The van der Waals surface area contributed by atoms with E-state index in [1.807, 2.05) is 53.4 Å². The molecule has 7 aromatic rings. The van der Waals surface area contributed by atoms with Gasteiger partial charge in [-0.3, -0.25) is 14.4 Å². The molecule has 2 aliphatic carbocycles. The van der Waals surface area contributed by atoms with Crippen molar-refractivity contribution in [3.05, 3.63) is 161 Å². The number of benzene rings is 4. The maximum absolute atomic E-state index is 13.4. The molecule has 6 aliphatic heterocycles. The van der Waals surface area contributed by atoms with Gasteiger partial charge in [-0.2, -0.15) is 0 Å². The average molecular weight is 1260 g/mol. The molecule has 0 bridgehead atoms. The molecule has 87 heavy (non-hydrogen) atoms. The van der Waals surface area contributed by atoms with Crippen molar-refractivity contribution in [1.29, 1.82) is 0 Å². The fourth-order valence-electron chi connectivity index (χ4n) is 14.4. The van der Waals surface area contributed by atoms with Gasteiger partial charge >= 0.3 is 0 Å². The van der Waals surface area contributed by atoms with Crippen LogP contribution in [0.1, 0.15) is 142 Å². The second-order valence-electron chi connectivity index (χ2n) is 24.3. The zero-order chi connectivity index (χ0) is 59.9. The van der Waals surface area contributed by atoms with Crippen LogP contribution < -0.4 is 31.4 Å². The quantitative estimate of drug-likeness (QED) is 0.116. The number of carbonyl (C=O) groups is 3. The third-order valence-electron chi connectivity index (χ3n) is 19.6. The Morgan fingerprint density at radius 1 is 0.540 bits per heavy atom. The molecular formula is C68H76N8O6S5. The predicted octanol–water partition coefficient (Wildman–Crippen LogP) is 12.1. The minimum atomic E-state index is -0.0223. The first-order chi connectivity index (χ1) is 42.5. The molecule has 4 aromatic carbocycles. The summed E-state index contributed by atoms with van der Waals surface area (Å²) in [5.41, 5.74) is 31.8. The zero-order valence-electron chi connectivity index (χ0n) is 49.7. The Hall–Kier alpha value is -6.03. The van der Waals surface area contributed by atoms with E-state index in [2.05, 4.69) is 80.4 Å². The molecule has 454 valence electrons. The van der Waals surface area contributed by atoms with Gasteiger partial charge in [0.2, 0.25) is 0 Å². The molecule has 9 heterocycles. The van der Waals surface area contributed by atoms with Gasteiger partial charge in [-0.15, -0.1) is 51.3 Å². The summed E-state index contributed by atoms with van der Waals surface area (Å²) in [5, 5.41) is 4.21. The number of nitrogens with two attached hydrogens (primary N) is 3. The van der Waals surface area contributed by atoms with Crippen LogP contribution in [0.25, 0.3) is 17.3 Å². The number of nitrogens with zero attached hydrogens (tertiary/aromatic N) is 5. The van der Waals surface area contributed by atoms with E-state index < -0.39 is 0 Å². The number of piperidine rings is 3. The van der Waals surface area contributed by atoms with Crippen molar-refractivity contribution in [3.63, 3.8) is 0 Å². The van der Waals surface area contributed by atoms with E-state index in [-0.39, 0.29) is 34.0 Å². The molecule has 14 nitrogen and oxygen atoms in total. The monoisotopic (exact) mass is 1260 g/mol. The maximum atomic E-state index is 13.4. The maximum Gasteiger partial charge on any atom is 0.267 e. The summed E-state index contributed by atoms with van der Waals surface area (Å²) in [5.74, 6) is 3.43. The number of fused-ring (bicyclic) bond motifs is 8. The normalized spacial score (nSPS) is 18.7. The summed E-state index contributed by atoms with van der Waals surface area (Å²) < 4.78 is 24.7. The highest BCUT2D eigenvalue weighted by Gasteiger charge is 2.47. The molecule has 3 saturated heterocycles. The van der Waals surface area contributed by atoms with Crippen LogP contribution in [0, 0.1) is 0 Å². The van der Waals surface area contributed by atoms with Crippen molar-refractivity contribution in [1.82, 2.24) is 24.3 Å². The van der Waals surface area contributed by atoms with E-state index in [4.69, 9.17) is 31.4 Å². The first-order valence-corrected chi connectivity index (χ1v) is 35.5. The number of thiophene rings is 2. The van der Waals surface area contributed by atoms with Gasteiger partial charge < -0.3 is 46.1 Å². The Morgan fingerprint density at radius 2 is 0.977 bits per heavy atom. The summed E-state index contributed by atoms with van der Waals surface area (Å²) in [6.45, 7) is 8.30. The van der Waals surface area contributed by atoms with E-state index >= 15 is 0 Å². The number of hydrogen-bond acceptors (Lipinski definition) is 16. The van der Waals surface area contributed by atoms with Gasteiger partial charge in [-0.05, 0) is 153 Å². The number of rotatable bonds is 9. The van der Waals surface area contributed by atoms with Crippen LogP contribution in [0.15, 0.2) is 99.4 Å². The van der Waals surface area contributed by atoms with E-state index in [9.17, 15) is 14.4 Å². The molecule has 15 rings (SSSR count). The number of hydrogen-bond donors (Lipinski definition) is 3. The van der Waals surface area contributed by atoms with Gasteiger partial charge in [-0.25, -0.2) is 0 Å². The van der Waals surface area contributed by atoms with Crippen molar-refractivity contribution >= 4 is 81.5 Å². The largest absolute Gasteiger partial charge is 0.492 e. The van der Waals surface area contributed by atoms with Crippen molar-refractivity contribution < 1.29 is 28.6 Å². The van der Waals surface area contributed by atoms with E-state index in [0.29, 0.717) is 56.5 Å². The lowest BCUT2D eigenvalue weighted by atomic mass is 9.74. The van der Waals surface area contributed by atoms with Crippen LogP contribution in [0.2, 0.25) is 0 Å². The Labute approximate surface area is 530 Å². The third-order valence-corrected chi connectivity index (χ3v) is 25.1. The van der Waals surface area contributed by atoms with Gasteiger partial charge in [0.15, 0.2) is 0 Å². The average Bonchev–Trinajstić information content (AvgIpc) is 2.40. The molecule has 6 N–H and O–H groups in total. The van der Waals surface area contributed by atoms with Gasteiger partial charge in [0.1, 0.15) is 27.8 Å². The van der Waals surface area contributed by atoms with Crippen LogP contribution in [-0.2, 0) is 55.1 Å². The SMILES string of the molecule is CSc1sc(C(=O)N2CCC3(CC2)COc2ccc(CN)cc23)c2c1C=CCC2.CSc1sc(C(=O)N2CCC3(CC2)COc2ccc(CN)cc23)c2c1CCCC2.NCc1ccc2c(c1)C1(CCN(C(=O)c3snnc3-c3ccccc3)CC1)CO2. The molecule has 0 unspecified atom stereocenters. The van der Waals surface area contributed by atoms with Crippen molar-refractivity contribution in [3.8, 4) is 28.5 Å². The van der Waals surface area contributed by atoms with Gasteiger partial charge in [0.05, 0.1) is 38.0 Å². The summed E-state index contributed by atoms with van der Waals surface area (Å²) in [7, 11) is 0. The highest BCUT2D eigenvalue weighted by atomic mass is 32.2. The van der Waals surface area contributed by atoms with E-state index in [1.54, 1.807) is 46.2 Å². The van der Waals surface area contributed by atoms with Crippen LogP contribution in [0.3, 0.4) is 0 Å². The molecule has 3 spiro atoms. The Bertz CT molecular complexity index is 3740. The molecule has 3 fully saturated rings. The van der Waals surface area contributed by atoms with Crippen LogP contribution in [0.5, 0.6) is 17.2 Å². The highest BCUT2D eigenvalue weighted by molar-refractivity contribution is 8.00. The summed E-state index contributed by atoms with van der Waals surface area (Å²) in [6.07, 6.45) is 20.9. The standard InChI is InChI=1S/C23H28N2O2S2.C23H26N2O2S2.C22H22N4O2S/c2*1-28-22-17-5-3-2-4-16(17)20(29-22)21(26)25-10-8-23(9-11-25)14-27-19-7-6-15(13-24)12-18(19)23;23-13-15-6-7-18-17(12-15)22(14-28-18)8-10-26(11-9-22)21(27)20-19(24-25-29-20)16-4-2-1-3-5-16/h6-7,12H,2-5,8-11,13-14,24H2,1H3;3,5-7,12H,2,4,8-11,13-14,24H2,1H3;1-7,12H,8-11,13-14,23H2. The molecule has 0 saturated carbocycles. The second kappa shape index (κ2) is 25.5. The van der Waals surface area contributed by atoms with Gasteiger partial charge in [-0.1, -0.05) is 83.4 Å². The topological polar surface area (TPSA) is 192 Å². The number of amides is 3. The molecule has 19 heteroatoms. The van der Waals surface area contributed by atoms with Crippen LogP contribution >= 0.6 is 57.7 Å². The van der Waals surface area contributed by atoms with Crippen molar-refractivity contribution in [2.45, 2.75) is 121 Å². The molecule has 8 aliphatic rings. The number of thioether (sulfide) groups is 2. The smallest absolute Gasteiger partial charge is 0.267 e. The number of aromatic nitrogens is 2. The summed E-state index contributed by atoms with van der Waals surface area (Å²) in [6, 6.07) is 28.7.